The SMILES string of the molecule is CCCCCCCCCCCCCCCCCCOCC(COC(=O)NCCCOC(C)C)OCCCCCCCCCCCCCCCCCC. The second-order valence-corrected chi connectivity index (χ2v) is 16.0. The molecule has 1 atom stereocenters. The van der Waals surface area contributed by atoms with Crippen LogP contribution in [-0.4, -0.2) is 57.9 Å². The lowest BCUT2D eigenvalue weighted by Gasteiger charge is -2.18. The summed E-state index contributed by atoms with van der Waals surface area (Å²) in [6, 6.07) is 0. The first kappa shape index (κ1) is 51.1. The van der Waals surface area contributed by atoms with Gasteiger partial charge in [0.05, 0.1) is 12.7 Å². The van der Waals surface area contributed by atoms with E-state index in [2.05, 4.69) is 19.2 Å². The zero-order valence-corrected chi connectivity index (χ0v) is 35.8. The average molecular weight is 740 g/mol. The van der Waals surface area contributed by atoms with E-state index < -0.39 is 6.09 Å². The van der Waals surface area contributed by atoms with E-state index in [4.69, 9.17) is 18.9 Å². The maximum Gasteiger partial charge on any atom is 0.407 e. The van der Waals surface area contributed by atoms with Crippen molar-refractivity contribution in [1.82, 2.24) is 5.32 Å². The van der Waals surface area contributed by atoms with Crippen LogP contribution >= 0.6 is 0 Å². The third-order valence-corrected chi connectivity index (χ3v) is 10.2. The van der Waals surface area contributed by atoms with Gasteiger partial charge in [-0.1, -0.05) is 206 Å². The predicted octanol–water partition coefficient (Wildman–Crippen LogP) is 14.5. The van der Waals surface area contributed by atoms with Crippen LogP contribution in [0.2, 0.25) is 0 Å². The topological polar surface area (TPSA) is 66.0 Å². The molecular formula is C46H93NO5. The molecule has 0 aliphatic carbocycles. The third-order valence-electron chi connectivity index (χ3n) is 10.2. The van der Waals surface area contributed by atoms with Crippen molar-refractivity contribution in [2.45, 2.75) is 252 Å². The van der Waals surface area contributed by atoms with E-state index in [1.807, 2.05) is 13.8 Å². The van der Waals surface area contributed by atoms with Crippen LogP contribution in [0, 0.1) is 0 Å². The molecule has 0 aromatic heterocycles. The second-order valence-electron chi connectivity index (χ2n) is 16.0. The quantitative estimate of drug-likeness (QED) is 0.0630. The Morgan fingerprint density at radius 3 is 1.15 bits per heavy atom. The molecule has 0 aliphatic heterocycles. The van der Waals surface area contributed by atoms with Crippen molar-refractivity contribution in [3.05, 3.63) is 0 Å². The molecule has 1 unspecified atom stereocenters. The highest BCUT2D eigenvalue weighted by atomic mass is 16.6. The minimum Gasteiger partial charge on any atom is -0.447 e. The monoisotopic (exact) mass is 740 g/mol. The highest BCUT2D eigenvalue weighted by molar-refractivity contribution is 5.67. The molecule has 0 bridgehead atoms. The van der Waals surface area contributed by atoms with Crippen molar-refractivity contribution in [3.8, 4) is 0 Å². The normalized spacial score (nSPS) is 12.2. The number of hydrogen-bond acceptors (Lipinski definition) is 5. The van der Waals surface area contributed by atoms with E-state index in [9.17, 15) is 4.79 Å². The fraction of sp³-hybridized carbons (Fsp3) is 0.978. The van der Waals surface area contributed by atoms with Crippen LogP contribution in [0.25, 0.3) is 0 Å². The van der Waals surface area contributed by atoms with Crippen molar-refractivity contribution < 1.29 is 23.7 Å². The molecule has 0 spiro atoms. The number of ether oxygens (including phenoxy) is 4. The minimum absolute atomic E-state index is 0.207. The van der Waals surface area contributed by atoms with Crippen LogP contribution in [0.15, 0.2) is 0 Å². The molecule has 6 nitrogen and oxygen atoms in total. The molecule has 0 aliphatic rings. The lowest BCUT2D eigenvalue weighted by molar-refractivity contribution is -0.0468. The lowest BCUT2D eigenvalue weighted by atomic mass is 10.0. The number of amides is 1. The predicted molar refractivity (Wildman–Crippen MR) is 225 cm³/mol. The fourth-order valence-corrected chi connectivity index (χ4v) is 6.81. The largest absolute Gasteiger partial charge is 0.447 e. The summed E-state index contributed by atoms with van der Waals surface area (Å²) in [5.74, 6) is 0. The first-order valence-electron chi connectivity index (χ1n) is 23.3. The summed E-state index contributed by atoms with van der Waals surface area (Å²) in [6.45, 7) is 12.0. The van der Waals surface area contributed by atoms with Gasteiger partial charge in [-0.3, -0.25) is 0 Å². The molecule has 0 radical (unpaired) electrons. The van der Waals surface area contributed by atoms with E-state index in [1.165, 1.54) is 193 Å². The number of unbranched alkanes of at least 4 members (excludes halogenated alkanes) is 30. The molecule has 0 saturated heterocycles. The summed E-state index contributed by atoms with van der Waals surface area (Å²) >= 11 is 0. The second kappa shape index (κ2) is 44.5. The van der Waals surface area contributed by atoms with Crippen molar-refractivity contribution in [2.75, 3.05) is 39.6 Å². The highest BCUT2D eigenvalue weighted by Crippen LogP contribution is 2.15. The van der Waals surface area contributed by atoms with Crippen LogP contribution in [0.5, 0.6) is 0 Å². The standard InChI is InChI=1S/C46H93NO5/c1-5-7-9-11-13-15-17-19-21-23-25-27-29-31-33-35-39-49-42-45(43-52-46(48)47-38-37-41-50-44(3)4)51-40-36-34-32-30-28-26-24-22-20-18-16-14-12-10-8-6-2/h44-45H,5-43H2,1-4H3,(H,47,48). The van der Waals surface area contributed by atoms with Gasteiger partial charge in [0.25, 0.3) is 0 Å². The Bertz CT molecular complexity index is 675. The first-order valence-corrected chi connectivity index (χ1v) is 23.3. The van der Waals surface area contributed by atoms with E-state index >= 15 is 0 Å². The number of carbonyl (C=O) groups excluding carboxylic acids is 1. The van der Waals surface area contributed by atoms with E-state index in [1.54, 1.807) is 0 Å². The van der Waals surface area contributed by atoms with Gasteiger partial charge in [0, 0.05) is 26.4 Å². The highest BCUT2D eigenvalue weighted by Gasteiger charge is 2.13. The molecule has 1 amide bonds. The van der Waals surface area contributed by atoms with Gasteiger partial charge in [-0.25, -0.2) is 4.79 Å². The Kier molecular flexibility index (Phi) is 43.8. The Morgan fingerprint density at radius 1 is 0.423 bits per heavy atom. The Hall–Kier alpha value is -0.850. The zero-order valence-electron chi connectivity index (χ0n) is 35.8. The maximum absolute atomic E-state index is 12.2. The van der Waals surface area contributed by atoms with Crippen molar-refractivity contribution in [3.63, 3.8) is 0 Å². The van der Waals surface area contributed by atoms with Crippen LogP contribution in [0.4, 0.5) is 4.79 Å². The van der Waals surface area contributed by atoms with Gasteiger partial charge in [-0.2, -0.15) is 0 Å². The average Bonchev–Trinajstić information content (AvgIpc) is 3.13. The summed E-state index contributed by atoms with van der Waals surface area (Å²) in [5.41, 5.74) is 0. The molecule has 6 heteroatoms. The van der Waals surface area contributed by atoms with Crippen LogP contribution in [0.1, 0.15) is 240 Å². The van der Waals surface area contributed by atoms with E-state index in [0.717, 1.165) is 25.9 Å². The van der Waals surface area contributed by atoms with Gasteiger partial charge >= 0.3 is 6.09 Å². The number of hydrogen-bond donors (Lipinski definition) is 1. The number of carbonyl (C=O) groups is 1. The Morgan fingerprint density at radius 2 is 0.769 bits per heavy atom. The van der Waals surface area contributed by atoms with Crippen molar-refractivity contribution >= 4 is 6.09 Å². The van der Waals surface area contributed by atoms with Gasteiger partial charge in [0.15, 0.2) is 0 Å². The molecule has 0 aromatic rings. The Labute approximate surface area is 325 Å². The summed E-state index contributed by atoms with van der Waals surface area (Å²) in [4.78, 5) is 12.2. The van der Waals surface area contributed by atoms with Gasteiger partial charge in [-0.15, -0.1) is 0 Å². The molecule has 0 saturated carbocycles. The molecular weight excluding hydrogens is 647 g/mol. The van der Waals surface area contributed by atoms with Gasteiger partial charge in [-0.05, 0) is 33.1 Å². The summed E-state index contributed by atoms with van der Waals surface area (Å²) in [6.07, 6.45) is 44.1. The number of nitrogens with one attached hydrogen (secondary N) is 1. The summed E-state index contributed by atoms with van der Waals surface area (Å²) < 4.78 is 23.2. The molecule has 1 N–H and O–H groups in total. The number of alkyl carbamates (subject to hydrolysis) is 1. The van der Waals surface area contributed by atoms with Crippen LogP contribution < -0.4 is 5.32 Å². The van der Waals surface area contributed by atoms with Gasteiger partial charge < -0.3 is 24.3 Å². The van der Waals surface area contributed by atoms with E-state index in [-0.39, 0.29) is 18.8 Å². The zero-order chi connectivity index (χ0) is 37.8. The van der Waals surface area contributed by atoms with Crippen molar-refractivity contribution in [1.29, 1.82) is 0 Å². The fourth-order valence-electron chi connectivity index (χ4n) is 6.81. The van der Waals surface area contributed by atoms with Gasteiger partial charge in [0.1, 0.15) is 12.7 Å². The van der Waals surface area contributed by atoms with Gasteiger partial charge in [0.2, 0.25) is 0 Å². The van der Waals surface area contributed by atoms with E-state index in [0.29, 0.717) is 26.4 Å². The smallest absolute Gasteiger partial charge is 0.407 e. The molecule has 0 heterocycles. The summed E-state index contributed by atoms with van der Waals surface area (Å²) in [7, 11) is 0. The minimum atomic E-state index is -0.390. The molecule has 52 heavy (non-hydrogen) atoms. The van der Waals surface area contributed by atoms with Crippen LogP contribution in [0.3, 0.4) is 0 Å². The molecule has 0 aromatic carbocycles. The number of rotatable bonds is 44. The molecule has 312 valence electrons. The third kappa shape index (κ3) is 43.6. The Balaban J connectivity index is 3.94. The first-order chi connectivity index (χ1) is 25.6. The lowest BCUT2D eigenvalue weighted by Crippen LogP contribution is -2.32. The maximum atomic E-state index is 12.2. The molecule has 0 fully saturated rings. The van der Waals surface area contributed by atoms with Crippen molar-refractivity contribution in [2.24, 2.45) is 0 Å². The molecule has 0 rings (SSSR count). The van der Waals surface area contributed by atoms with Crippen LogP contribution in [-0.2, 0) is 18.9 Å². The summed E-state index contributed by atoms with van der Waals surface area (Å²) in [5, 5.41) is 2.83.